The van der Waals surface area contributed by atoms with Gasteiger partial charge in [-0.05, 0) is 25.1 Å². The molecule has 0 aromatic heterocycles. The molecular formula is C10H24N2O2Si. The lowest BCUT2D eigenvalue weighted by Crippen LogP contribution is -2.56. The fourth-order valence-corrected chi connectivity index (χ4v) is 1.71. The Hall–Kier alpha value is -0.393. The largest absolute Gasteiger partial charge is 0.414 e. The maximum absolute atomic E-state index is 11.0. The third-order valence-corrected chi connectivity index (χ3v) is 7.58. The van der Waals surface area contributed by atoms with Crippen LogP contribution in [-0.2, 0) is 9.22 Å². The molecule has 0 aliphatic carbocycles. The van der Waals surface area contributed by atoms with Crippen molar-refractivity contribution >= 4 is 14.2 Å². The Labute approximate surface area is 93.5 Å². The first-order valence-corrected chi connectivity index (χ1v) is 8.04. The number of nitrogens with two attached hydrogens (primary N) is 2. The second-order valence-electron chi connectivity index (χ2n) is 5.83. The summed E-state index contributed by atoms with van der Waals surface area (Å²) >= 11 is 0. The fourth-order valence-electron chi connectivity index (χ4n) is 0.618. The average molecular weight is 232 g/mol. The molecule has 0 aliphatic heterocycles. The number of hydrogen-bond donors (Lipinski definition) is 2. The van der Waals surface area contributed by atoms with E-state index >= 15 is 0 Å². The van der Waals surface area contributed by atoms with Gasteiger partial charge in [-0.3, -0.25) is 4.79 Å². The van der Waals surface area contributed by atoms with Crippen LogP contribution in [0.4, 0.5) is 0 Å². The lowest BCUT2D eigenvalue weighted by Gasteiger charge is -2.38. The summed E-state index contributed by atoms with van der Waals surface area (Å²) in [6.45, 7) is 12.4. The van der Waals surface area contributed by atoms with E-state index in [-0.39, 0.29) is 11.6 Å². The molecule has 0 saturated carbocycles. The van der Waals surface area contributed by atoms with Crippen molar-refractivity contribution < 1.29 is 9.22 Å². The van der Waals surface area contributed by atoms with Crippen LogP contribution < -0.4 is 11.5 Å². The Bertz CT molecular complexity index is 244. The Kier molecular flexibility index (Phi) is 4.12. The number of hydrogen-bond acceptors (Lipinski definition) is 3. The average Bonchev–Trinajstić information content (AvgIpc) is 1.99. The fraction of sp³-hybridized carbons (Fsp3) is 0.900. The van der Waals surface area contributed by atoms with Crippen LogP contribution in [0, 0.1) is 0 Å². The van der Waals surface area contributed by atoms with Crippen LogP contribution in [0.2, 0.25) is 18.1 Å². The third-order valence-electron chi connectivity index (χ3n) is 3.10. The highest BCUT2D eigenvalue weighted by molar-refractivity contribution is 6.74. The predicted molar refractivity (Wildman–Crippen MR) is 64.9 cm³/mol. The maximum atomic E-state index is 11.0. The van der Waals surface area contributed by atoms with Gasteiger partial charge >= 0.3 is 0 Å². The maximum Gasteiger partial charge on any atom is 0.239 e. The number of carbonyl (C=O) groups excluding carboxylic acids is 1. The van der Waals surface area contributed by atoms with Gasteiger partial charge < -0.3 is 15.9 Å². The highest BCUT2D eigenvalue weighted by Crippen LogP contribution is 2.36. The third kappa shape index (κ3) is 3.93. The van der Waals surface area contributed by atoms with Gasteiger partial charge in [0.1, 0.15) is 5.54 Å². The van der Waals surface area contributed by atoms with Crippen LogP contribution in [-0.4, -0.2) is 26.4 Å². The molecule has 1 atom stereocenters. The first-order valence-electron chi connectivity index (χ1n) is 5.13. The van der Waals surface area contributed by atoms with Crippen LogP contribution >= 0.6 is 0 Å². The quantitative estimate of drug-likeness (QED) is 0.715. The normalized spacial score (nSPS) is 17.3. The van der Waals surface area contributed by atoms with Crippen LogP contribution in [0.3, 0.4) is 0 Å². The number of rotatable bonds is 4. The summed E-state index contributed by atoms with van der Waals surface area (Å²) in [5.41, 5.74) is 9.84. The molecule has 0 heterocycles. The molecule has 15 heavy (non-hydrogen) atoms. The first kappa shape index (κ1) is 14.6. The van der Waals surface area contributed by atoms with E-state index in [0.29, 0.717) is 0 Å². The molecule has 0 radical (unpaired) electrons. The zero-order valence-corrected chi connectivity index (χ0v) is 11.7. The molecule has 0 aromatic carbocycles. The summed E-state index contributed by atoms with van der Waals surface area (Å²) in [6.07, 6.45) is 0. The van der Waals surface area contributed by atoms with Crippen molar-refractivity contribution in [2.24, 2.45) is 11.5 Å². The zero-order valence-electron chi connectivity index (χ0n) is 10.7. The number of amides is 1. The highest BCUT2D eigenvalue weighted by Gasteiger charge is 2.39. The second kappa shape index (κ2) is 4.23. The molecule has 0 saturated heterocycles. The van der Waals surface area contributed by atoms with Crippen LogP contribution in [0.5, 0.6) is 0 Å². The summed E-state index contributed by atoms with van der Waals surface area (Å²) in [5, 5.41) is 0.112. The van der Waals surface area contributed by atoms with Gasteiger partial charge in [0.25, 0.3) is 0 Å². The van der Waals surface area contributed by atoms with Gasteiger partial charge in [-0.25, -0.2) is 0 Å². The van der Waals surface area contributed by atoms with Gasteiger partial charge in [0, 0.05) is 0 Å². The van der Waals surface area contributed by atoms with Gasteiger partial charge in [-0.1, -0.05) is 20.8 Å². The molecule has 0 spiro atoms. The molecule has 0 aliphatic rings. The van der Waals surface area contributed by atoms with Crippen molar-refractivity contribution in [3.8, 4) is 0 Å². The molecule has 0 aromatic rings. The molecule has 0 rings (SSSR count). The van der Waals surface area contributed by atoms with Gasteiger partial charge in [-0.15, -0.1) is 0 Å². The summed E-state index contributed by atoms with van der Waals surface area (Å²) in [5.74, 6) is -0.527. The van der Waals surface area contributed by atoms with Crippen molar-refractivity contribution in [3.05, 3.63) is 0 Å². The smallest absolute Gasteiger partial charge is 0.239 e. The Balaban J connectivity index is 4.47. The molecule has 90 valence electrons. The summed E-state index contributed by atoms with van der Waals surface area (Å²) in [6, 6.07) is 0. The van der Waals surface area contributed by atoms with Crippen LogP contribution in [0.25, 0.3) is 0 Å². The summed E-state index contributed by atoms with van der Waals surface area (Å²) in [7, 11) is -1.85. The Morgan fingerprint density at radius 3 is 1.93 bits per heavy atom. The van der Waals surface area contributed by atoms with Crippen molar-refractivity contribution in [3.63, 3.8) is 0 Å². The van der Waals surface area contributed by atoms with Crippen molar-refractivity contribution in [2.75, 3.05) is 6.61 Å². The first-order chi connectivity index (χ1) is 6.40. The molecule has 1 unspecified atom stereocenters. The Morgan fingerprint density at radius 2 is 1.67 bits per heavy atom. The van der Waals surface area contributed by atoms with Gasteiger partial charge in [-0.2, -0.15) is 0 Å². The molecular weight excluding hydrogens is 208 g/mol. The molecule has 5 heteroatoms. The van der Waals surface area contributed by atoms with Crippen LogP contribution in [0.1, 0.15) is 27.7 Å². The van der Waals surface area contributed by atoms with E-state index in [2.05, 4.69) is 33.9 Å². The number of primary amides is 1. The van der Waals surface area contributed by atoms with Crippen LogP contribution in [0.15, 0.2) is 0 Å². The summed E-state index contributed by atoms with van der Waals surface area (Å²) < 4.78 is 5.83. The number of carbonyl (C=O) groups is 1. The molecule has 0 bridgehead atoms. The molecule has 1 amide bonds. The zero-order chi connectivity index (χ0) is 12.5. The Morgan fingerprint density at radius 1 is 1.27 bits per heavy atom. The van der Waals surface area contributed by atoms with Crippen molar-refractivity contribution in [1.82, 2.24) is 0 Å². The van der Waals surface area contributed by atoms with E-state index in [9.17, 15) is 4.79 Å². The highest BCUT2D eigenvalue weighted by atomic mass is 28.4. The summed E-state index contributed by atoms with van der Waals surface area (Å²) in [4.78, 5) is 11.0. The lowest BCUT2D eigenvalue weighted by atomic mass is 10.1. The van der Waals surface area contributed by atoms with E-state index in [0.717, 1.165) is 0 Å². The molecule has 4 nitrogen and oxygen atoms in total. The van der Waals surface area contributed by atoms with Gasteiger partial charge in [0.15, 0.2) is 8.32 Å². The monoisotopic (exact) mass is 232 g/mol. The van der Waals surface area contributed by atoms with Crippen molar-refractivity contribution in [1.29, 1.82) is 0 Å². The van der Waals surface area contributed by atoms with E-state index in [4.69, 9.17) is 15.9 Å². The molecule has 0 fully saturated rings. The SMILES string of the molecule is CC(N)(CO[Si](C)(C)C(C)(C)C)C(N)=O. The van der Waals surface area contributed by atoms with E-state index in [1.165, 1.54) is 0 Å². The van der Waals surface area contributed by atoms with Gasteiger partial charge in [0.2, 0.25) is 5.91 Å². The van der Waals surface area contributed by atoms with Crippen molar-refractivity contribution in [2.45, 2.75) is 51.4 Å². The lowest BCUT2D eigenvalue weighted by molar-refractivity contribution is -0.123. The molecule has 4 N–H and O–H groups in total. The minimum atomic E-state index is -1.85. The van der Waals surface area contributed by atoms with E-state index < -0.39 is 19.8 Å². The minimum absolute atomic E-state index is 0.112. The van der Waals surface area contributed by atoms with E-state index in [1.54, 1.807) is 6.92 Å². The minimum Gasteiger partial charge on any atom is -0.414 e. The van der Waals surface area contributed by atoms with Gasteiger partial charge in [0.05, 0.1) is 6.61 Å². The topological polar surface area (TPSA) is 78.3 Å². The predicted octanol–water partition coefficient (Wildman–Crippen LogP) is 1.21. The second-order valence-corrected chi connectivity index (χ2v) is 10.6. The standard InChI is InChI=1S/C10H24N2O2Si/c1-9(2,3)15(5,6)14-7-10(4,12)8(11)13/h7,12H2,1-6H3,(H2,11,13). The van der Waals surface area contributed by atoms with E-state index in [1.807, 2.05) is 0 Å².